The van der Waals surface area contributed by atoms with Crippen molar-refractivity contribution in [3.05, 3.63) is 75.8 Å². The Labute approximate surface area is 170 Å². The van der Waals surface area contributed by atoms with Crippen LogP contribution in [0.25, 0.3) is 10.9 Å². The van der Waals surface area contributed by atoms with Crippen LogP contribution in [0.3, 0.4) is 0 Å². The number of methoxy groups -OCH3 is 1. The van der Waals surface area contributed by atoms with Crippen LogP contribution >= 0.6 is 0 Å². The molecule has 3 rings (SSSR count). The fraction of sp³-hybridized carbons (Fsp3) is 0.286. The quantitative estimate of drug-likeness (QED) is 0.663. The molecule has 6 nitrogen and oxygen atoms in total. The number of amides is 1. The van der Waals surface area contributed by atoms with Crippen molar-refractivity contribution >= 4 is 16.8 Å². The number of nitrogens with one attached hydrogen (secondary N) is 1. The predicted molar refractivity (Wildman–Crippen MR) is 105 cm³/mol. The summed E-state index contributed by atoms with van der Waals surface area (Å²) in [7, 11) is 1.51. The number of halogens is 3. The third kappa shape index (κ3) is 4.51. The first-order valence-corrected chi connectivity index (χ1v) is 9.19. The van der Waals surface area contributed by atoms with E-state index in [1.165, 1.54) is 11.7 Å². The summed E-state index contributed by atoms with van der Waals surface area (Å²) in [4.78, 5) is 30.0. The van der Waals surface area contributed by atoms with E-state index in [0.29, 0.717) is 16.7 Å². The van der Waals surface area contributed by atoms with E-state index in [1.807, 2.05) is 0 Å². The molecule has 0 aliphatic heterocycles. The van der Waals surface area contributed by atoms with Gasteiger partial charge in [0.05, 0.1) is 35.7 Å². The molecule has 0 spiro atoms. The first kappa shape index (κ1) is 21.5. The van der Waals surface area contributed by atoms with Crippen LogP contribution < -0.4 is 10.9 Å². The van der Waals surface area contributed by atoms with Gasteiger partial charge in [-0.05, 0) is 43.3 Å². The second-order valence-corrected chi connectivity index (χ2v) is 6.71. The van der Waals surface area contributed by atoms with Crippen LogP contribution in [0.4, 0.5) is 13.2 Å². The fourth-order valence-corrected chi connectivity index (χ4v) is 3.07. The van der Waals surface area contributed by atoms with E-state index in [4.69, 9.17) is 4.74 Å². The first-order chi connectivity index (χ1) is 14.2. The number of hydrogen-bond donors (Lipinski definition) is 1. The summed E-state index contributed by atoms with van der Waals surface area (Å²) in [6.45, 7) is 2.16. The number of para-hydroxylation sites is 1. The summed E-state index contributed by atoms with van der Waals surface area (Å²) in [6.07, 6.45) is -4.48. The third-order valence-electron chi connectivity index (χ3n) is 4.62. The maximum Gasteiger partial charge on any atom is 0.416 e. The second kappa shape index (κ2) is 8.66. The minimum Gasteiger partial charge on any atom is -0.383 e. The van der Waals surface area contributed by atoms with Gasteiger partial charge in [0.2, 0.25) is 0 Å². The third-order valence-corrected chi connectivity index (χ3v) is 4.62. The summed E-state index contributed by atoms with van der Waals surface area (Å²) in [6, 6.07) is 10.1. The van der Waals surface area contributed by atoms with E-state index >= 15 is 0 Å². The zero-order valence-corrected chi connectivity index (χ0v) is 16.4. The number of nitrogens with zero attached hydrogens (tertiary/aromatic N) is 2. The Bertz CT molecular complexity index is 1110. The Morgan fingerprint density at radius 3 is 2.47 bits per heavy atom. The van der Waals surface area contributed by atoms with E-state index in [1.54, 1.807) is 31.2 Å². The van der Waals surface area contributed by atoms with E-state index in [-0.39, 0.29) is 24.3 Å². The number of benzene rings is 2. The smallest absolute Gasteiger partial charge is 0.383 e. The zero-order valence-electron chi connectivity index (χ0n) is 16.4. The van der Waals surface area contributed by atoms with Crippen LogP contribution in [0, 0.1) is 0 Å². The van der Waals surface area contributed by atoms with Gasteiger partial charge in [-0.1, -0.05) is 12.1 Å². The lowest BCUT2D eigenvalue weighted by molar-refractivity contribution is -0.137. The lowest BCUT2D eigenvalue weighted by atomic mass is 10.1. The average Bonchev–Trinajstić information content (AvgIpc) is 2.72. The molecule has 158 valence electrons. The number of carbonyl (C=O) groups excluding carboxylic acids is 1. The van der Waals surface area contributed by atoms with E-state index in [0.717, 1.165) is 24.3 Å². The van der Waals surface area contributed by atoms with Crippen LogP contribution in [0.1, 0.15) is 34.7 Å². The molecule has 1 aromatic heterocycles. The number of alkyl halides is 3. The molecular formula is C21H20F3N3O3. The van der Waals surface area contributed by atoms with E-state index < -0.39 is 23.7 Å². The van der Waals surface area contributed by atoms with Gasteiger partial charge in [-0.3, -0.25) is 14.2 Å². The van der Waals surface area contributed by atoms with Crippen LogP contribution in [-0.4, -0.2) is 29.2 Å². The first-order valence-electron chi connectivity index (χ1n) is 9.19. The normalized spacial score (nSPS) is 12.7. The highest BCUT2D eigenvalue weighted by molar-refractivity contribution is 5.94. The maximum atomic E-state index is 12.9. The average molecular weight is 419 g/mol. The highest BCUT2D eigenvalue weighted by atomic mass is 19.4. The van der Waals surface area contributed by atoms with Crippen LogP contribution in [-0.2, 0) is 17.5 Å². The van der Waals surface area contributed by atoms with Gasteiger partial charge in [0.25, 0.3) is 11.5 Å². The van der Waals surface area contributed by atoms with Crippen molar-refractivity contribution in [1.82, 2.24) is 14.9 Å². The van der Waals surface area contributed by atoms with Crippen molar-refractivity contribution < 1.29 is 22.7 Å². The van der Waals surface area contributed by atoms with Crippen molar-refractivity contribution in [2.45, 2.75) is 25.7 Å². The number of hydrogen-bond acceptors (Lipinski definition) is 4. The Kier molecular flexibility index (Phi) is 6.21. The number of carbonyl (C=O) groups is 1. The summed E-state index contributed by atoms with van der Waals surface area (Å²) in [5.74, 6) is -0.243. The second-order valence-electron chi connectivity index (χ2n) is 6.71. The molecule has 2 aromatic carbocycles. The molecule has 1 heterocycles. The molecule has 0 fully saturated rings. The van der Waals surface area contributed by atoms with Crippen LogP contribution in [0.15, 0.2) is 53.3 Å². The van der Waals surface area contributed by atoms with Crippen molar-refractivity contribution in [1.29, 1.82) is 0 Å². The highest BCUT2D eigenvalue weighted by Crippen LogP contribution is 2.29. The number of rotatable bonds is 6. The molecule has 9 heteroatoms. The van der Waals surface area contributed by atoms with Gasteiger partial charge in [-0.2, -0.15) is 13.2 Å². The maximum absolute atomic E-state index is 12.9. The molecule has 0 saturated heterocycles. The number of ether oxygens (including phenoxy) is 1. The fourth-order valence-electron chi connectivity index (χ4n) is 3.07. The number of fused-ring (bicyclic) bond motifs is 1. The van der Waals surface area contributed by atoms with Crippen molar-refractivity contribution in [3.8, 4) is 0 Å². The molecule has 0 saturated carbocycles. The molecule has 0 unspecified atom stereocenters. The van der Waals surface area contributed by atoms with Crippen molar-refractivity contribution in [3.63, 3.8) is 0 Å². The van der Waals surface area contributed by atoms with Gasteiger partial charge in [-0.15, -0.1) is 0 Å². The molecule has 30 heavy (non-hydrogen) atoms. The van der Waals surface area contributed by atoms with Crippen molar-refractivity contribution in [2.75, 3.05) is 13.7 Å². The molecule has 0 radical (unpaired) electrons. The Balaban J connectivity index is 1.91. The summed E-state index contributed by atoms with van der Waals surface area (Å²) in [5.41, 5.74) is -0.539. The SMILES string of the molecule is COCCn1c([C@H](C)NC(=O)c2ccc(C(F)(F)F)cc2)nc2ccccc2c1=O. The van der Waals surface area contributed by atoms with Crippen LogP contribution in [0.2, 0.25) is 0 Å². The molecule has 0 aliphatic rings. The van der Waals surface area contributed by atoms with Gasteiger partial charge < -0.3 is 10.1 Å². The van der Waals surface area contributed by atoms with Crippen LogP contribution in [0.5, 0.6) is 0 Å². The molecular weight excluding hydrogens is 399 g/mol. The van der Waals surface area contributed by atoms with Crippen molar-refractivity contribution in [2.24, 2.45) is 0 Å². The summed E-state index contributed by atoms with van der Waals surface area (Å²) >= 11 is 0. The topological polar surface area (TPSA) is 73.2 Å². The summed E-state index contributed by atoms with van der Waals surface area (Å²) < 4.78 is 44.6. The standard InChI is InChI=1S/C21H20F3N3O3/c1-13(25-19(28)14-7-9-15(10-8-14)21(22,23)24)18-26-17-6-4-3-5-16(17)20(29)27(18)11-12-30-2/h3-10,13H,11-12H2,1-2H3,(H,25,28)/t13-/m0/s1. The van der Waals surface area contributed by atoms with Gasteiger partial charge >= 0.3 is 6.18 Å². The monoisotopic (exact) mass is 419 g/mol. The van der Waals surface area contributed by atoms with Gasteiger partial charge in [0.15, 0.2) is 0 Å². The van der Waals surface area contributed by atoms with E-state index in [9.17, 15) is 22.8 Å². The minimum atomic E-state index is -4.48. The Morgan fingerprint density at radius 1 is 1.17 bits per heavy atom. The van der Waals surface area contributed by atoms with Gasteiger partial charge in [0, 0.05) is 12.7 Å². The Morgan fingerprint density at radius 2 is 1.83 bits per heavy atom. The number of aromatic nitrogens is 2. The molecule has 3 aromatic rings. The largest absolute Gasteiger partial charge is 0.416 e. The minimum absolute atomic E-state index is 0.0708. The lowest BCUT2D eigenvalue weighted by Gasteiger charge is -2.19. The summed E-state index contributed by atoms with van der Waals surface area (Å²) in [5, 5.41) is 3.14. The van der Waals surface area contributed by atoms with Gasteiger partial charge in [0.1, 0.15) is 5.82 Å². The molecule has 0 bridgehead atoms. The molecule has 1 atom stereocenters. The molecule has 1 amide bonds. The van der Waals surface area contributed by atoms with E-state index in [2.05, 4.69) is 10.3 Å². The highest BCUT2D eigenvalue weighted by Gasteiger charge is 2.30. The lowest BCUT2D eigenvalue weighted by Crippen LogP contribution is -2.34. The zero-order chi connectivity index (χ0) is 21.9. The Hall–Kier alpha value is -3.20. The molecule has 1 N–H and O–H groups in total. The van der Waals surface area contributed by atoms with Gasteiger partial charge in [-0.25, -0.2) is 4.98 Å². The predicted octanol–water partition coefficient (Wildman–Crippen LogP) is 3.55. The molecule has 0 aliphatic carbocycles.